The van der Waals surface area contributed by atoms with Crippen LogP contribution in [0.4, 0.5) is 0 Å². The molecule has 0 bridgehead atoms. The first-order valence-electron chi connectivity index (χ1n) is 5.65. The lowest BCUT2D eigenvalue weighted by Crippen LogP contribution is -2.46. The number of hydrogen-bond donors (Lipinski definition) is 1. The van der Waals surface area contributed by atoms with E-state index in [0.717, 1.165) is 5.56 Å². The van der Waals surface area contributed by atoms with Crippen molar-refractivity contribution < 1.29 is 9.47 Å². The van der Waals surface area contributed by atoms with Gasteiger partial charge in [0.2, 0.25) is 0 Å². The lowest BCUT2D eigenvalue weighted by molar-refractivity contribution is -0.261. The molecule has 1 aliphatic heterocycles. The van der Waals surface area contributed by atoms with E-state index in [9.17, 15) is 0 Å². The van der Waals surface area contributed by atoms with Gasteiger partial charge in [-0.2, -0.15) is 0 Å². The molecule has 0 aromatic heterocycles. The number of nitrogens with two attached hydrogens (primary N) is 1. The Morgan fingerprint density at radius 2 is 2.00 bits per heavy atom. The van der Waals surface area contributed by atoms with Crippen LogP contribution in [0.2, 0.25) is 0 Å². The molecular formula is C13H19NO2. The molecule has 3 heteroatoms. The first kappa shape index (κ1) is 11.6. The Labute approximate surface area is 96.5 Å². The van der Waals surface area contributed by atoms with E-state index >= 15 is 0 Å². The average molecular weight is 221 g/mol. The molecular weight excluding hydrogens is 202 g/mol. The van der Waals surface area contributed by atoms with Crippen molar-refractivity contribution in [3.8, 4) is 0 Å². The van der Waals surface area contributed by atoms with E-state index in [1.165, 1.54) is 0 Å². The fourth-order valence-electron chi connectivity index (χ4n) is 1.92. The smallest absolute Gasteiger partial charge is 0.184 e. The van der Waals surface area contributed by atoms with E-state index < -0.39 is 0 Å². The number of benzene rings is 1. The molecule has 0 amide bonds. The maximum Gasteiger partial charge on any atom is 0.184 e. The minimum absolute atomic E-state index is 0.0139. The summed E-state index contributed by atoms with van der Waals surface area (Å²) in [5, 5.41) is 0. The van der Waals surface area contributed by atoms with Gasteiger partial charge in [0.15, 0.2) is 6.29 Å². The predicted octanol–water partition coefficient (Wildman–Crippen LogP) is 2.09. The lowest BCUT2D eigenvalue weighted by atomic mass is 9.86. The monoisotopic (exact) mass is 221 g/mol. The molecule has 88 valence electrons. The summed E-state index contributed by atoms with van der Waals surface area (Å²) < 4.78 is 11.6. The molecule has 3 nitrogen and oxygen atoms in total. The van der Waals surface area contributed by atoms with Crippen LogP contribution in [-0.4, -0.2) is 19.3 Å². The van der Waals surface area contributed by atoms with Crippen molar-refractivity contribution in [2.45, 2.75) is 26.2 Å². The molecule has 0 aliphatic carbocycles. The molecule has 2 unspecified atom stereocenters. The molecule has 0 saturated carbocycles. The van der Waals surface area contributed by atoms with Crippen LogP contribution in [0.3, 0.4) is 0 Å². The summed E-state index contributed by atoms with van der Waals surface area (Å²) in [7, 11) is 0. The molecule has 1 aromatic carbocycles. The van der Waals surface area contributed by atoms with Crippen molar-refractivity contribution in [1.82, 2.24) is 0 Å². The topological polar surface area (TPSA) is 44.5 Å². The molecule has 2 atom stereocenters. The number of ether oxygens (including phenoxy) is 2. The Kier molecular flexibility index (Phi) is 3.28. The van der Waals surface area contributed by atoms with Gasteiger partial charge in [-0.1, -0.05) is 44.2 Å². The van der Waals surface area contributed by atoms with Crippen LogP contribution < -0.4 is 5.73 Å². The van der Waals surface area contributed by atoms with Crippen molar-refractivity contribution in [3.63, 3.8) is 0 Å². The summed E-state index contributed by atoms with van der Waals surface area (Å²) in [5.74, 6) is 0. The average Bonchev–Trinajstić information content (AvgIpc) is 2.30. The first-order valence-corrected chi connectivity index (χ1v) is 5.65. The summed E-state index contributed by atoms with van der Waals surface area (Å²) in [6.07, 6.45) is -0.228. The molecule has 2 N–H and O–H groups in total. The van der Waals surface area contributed by atoms with Crippen molar-refractivity contribution in [1.29, 1.82) is 0 Å². The highest BCUT2D eigenvalue weighted by Gasteiger charge is 2.37. The fourth-order valence-corrected chi connectivity index (χ4v) is 1.92. The summed E-state index contributed by atoms with van der Waals surface area (Å²) in [6.45, 7) is 5.44. The van der Waals surface area contributed by atoms with Crippen molar-refractivity contribution in [3.05, 3.63) is 35.9 Å². The second-order valence-electron chi connectivity index (χ2n) is 4.90. The Hall–Kier alpha value is -0.900. The number of rotatable bonds is 2. The maximum absolute atomic E-state index is 5.89. The molecule has 2 rings (SSSR count). The standard InChI is InChI=1S/C13H19NO2/c1-13(2)9-15-12(16-11(13)8-14)10-6-4-3-5-7-10/h3-7,11-12H,8-9,14H2,1-2H3. The van der Waals surface area contributed by atoms with Crippen LogP contribution >= 0.6 is 0 Å². The van der Waals surface area contributed by atoms with Crippen LogP contribution in [0.15, 0.2) is 30.3 Å². The van der Waals surface area contributed by atoms with E-state index in [1.807, 2.05) is 30.3 Å². The summed E-state index contributed by atoms with van der Waals surface area (Å²) >= 11 is 0. The quantitative estimate of drug-likeness (QED) is 0.831. The fraction of sp³-hybridized carbons (Fsp3) is 0.538. The summed E-state index contributed by atoms with van der Waals surface area (Å²) in [5.41, 5.74) is 6.78. The van der Waals surface area contributed by atoms with Gasteiger partial charge in [-0.15, -0.1) is 0 Å². The molecule has 1 aliphatic rings. The van der Waals surface area contributed by atoms with Gasteiger partial charge in [-0.3, -0.25) is 0 Å². The molecule has 0 spiro atoms. The van der Waals surface area contributed by atoms with E-state index in [1.54, 1.807) is 0 Å². The zero-order valence-electron chi connectivity index (χ0n) is 9.85. The number of hydrogen-bond acceptors (Lipinski definition) is 3. The van der Waals surface area contributed by atoms with E-state index in [-0.39, 0.29) is 17.8 Å². The van der Waals surface area contributed by atoms with E-state index in [0.29, 0.717) is 13.2 Å². The SMILES string of the molecule is CC1(C)COC(c2ccccc2)OC1CN. The Morgan fingerprint density at radius 1 is 1.31 bits per heavy atom. The molecule has 16 heavy (non-hydrogen) atoms. The van der Waals surface area contributed by atoms with Crippen molar-refractivity contribution in [2.24, 2.45) is 11.1 Å². The highest BCUT2D eigenvalue weighted by Crippen LogP contribution is 2.35. The molecule has 1 aromatic rings. The van der Waals surface area contributed by atoms with Gasteiger partial charge in [-0.25, -0.2) is 0 Å². The third-order valence-corrected chi connectivity index (χ3v) is 3.05. The lowest BCUT2D eigenvalue weighted by Gasteiger charge is -2.41. The second kappa shape index (κ2) is 4.53. The third-order valence-electron chi connectivity index (χ3n) is 3.05. The van der Waals surface area contributed by atoms with Crippen molar-refractivity contribution >= 4 is 0 Å². The predicted molar refractivity (Wildman–Crippen MR) is 62.8 cm³/mol. The maximum atomic E-state index is 5.89. The normalized spacial score (nSPS) is 28.9. The summed E-state index contributed by atoms with van der Waals surface area (Å²) in [4.78, 5) is 0. The zero-order chi connectivity index (χ0) is 11.6. The van der Waals surface area contributed by atoms with Gasteiger partial charge in [-0.05, 0) is 0 Å². The van der Waals surface area contributed by atoms with Crippen LogP contribution in [0.5, 0.6) is 0 Å². The Morgan fingerprint density at radius 3 is 2.62 bits per heavy atom. The van der Waals surface area contributed by atoms with E-state index in [4.69, 9.17) is 15.2 Å². The van der Waals surface area contributed by atoms with Gasteiger partial charge in [0.25, 0.3) is 0 Å². The van der Waals surface area contributed by atoms with Gasteiger partial charge in [0.1, 0.15) is 0 Å². The Balaban J connectivity index is 2.11. The molecule has 1 heterocycles. The minimum atomic E-state index is -0.275. The largest absolute Gasteiger partial charge is 0.348 e. The highest BCUT2D eigenvalue weighted by molar-refractivity contribution is 5.16. The van der Waals surface area contributed by atoms with Gasteiger partial charge in [0.05, 0.1) is 12.7 Å². The Bertz CT molecular complexity index is 337. The van der Waals surface area contributed by atoms with E-state index in [2.05, 4.69) is 13.8 Å². The van der Waals surface area contributed by atoms with Gasteiger partial charge < -0.3 is 15.2 Å². The van der Waals surface area contributed by atoms with Gasteiger partial charge >= 0.3 is 0 Å². The van der Waals surface area contributed by atoms with Crippen LogP contribution in [-0.2, 0) is 9.47 Å². The van der Waals surface area contributed by atoms with Crippen molar-refractivity contribution in [2.75, 3.05) is 13.2 Å². The van der Waals surface area contributed by atoms with Crippen LogP contribution in [0, 0.1) is 5.41 Å². The summed E-state index contributed by atoms with van der Waals surface area (Å²) in [6, 6.07) is 9.97. The van der Waals surface area contributed by atoms with Crippen LogP contribution in [0.1, 0.15) is 25.7 Å². The van der Waals surface area contributed by atoms with Crippen LogP contribution in [0.25, 0.3) is 0 Å². The first-order chi connectivity index (χ1) is 7.63. The zero-order valence-corrected chi connectivity index (χ0v) is 9.85. The molecule has 0 radical (unpaired) electrons. The molecule has 1 fully saturated rings. The minimum Gasteiger partial charge on any atom is -0.348 e. The van der Waals surface area contributed by atoms with Gasteiger partial charge in [0, 0.05) is 17.5 Å². The molecule has 1 saturated heterocycles. The third kappa shape index (κ3) is 2.26. The highest BCUT2D eigenvalue weighted by atomic mass is 16.7. The second-order valence-corrected chi connectivity index (χ2v) is 4.90.